The van der Waals surface area contributed by atoms with Crippen molar-refractivity contribution in [2.24, 2.45) is 0 Å². The zero-order valence-corrected chi connectivity index (χ0v) is 18.5. The zero-order valence-electron chi connectivity index (χ0n) is 17.7. The lowest BCUT2D eigenvalue weighted by Crippen LogP contribution is -2.28. The predicted molar refractivity (Wildman–Crippen MR) is 125 cm³/mol. The molecule has 0 aliphatic rings. The van der Waals surface area contributed by atoms with Gasteiger partial charge in [0.2, 0.25) is 5.91 Å². The topological polar surface area (TPSA) is 72.7 Å². The summed E-state index contributed by atoms with van der Waals surface area (Å²) in [5.74, 6) is 1.06. The van der Waals surface area contributed by atoms with E-state index in [1.54, 1.807) is 12.4 Å². The minimum Gasteiger partial charge on any atom is -0.349 e. The summed E-state index contributed by atoms with van der Waals surface area (Å²) in [4.78, 5) is 16.7. The van der Waals surface area contributed by atoms with Crippen molar-refractivity contribution in [1.82, 2.24) is 25.1 Å². The van der Waals surface area contributed by atoms with Crippen LogP contribution in [-0.2, 0) is 11.3 Å². The van der Waals surface area contributed by atoms with E-state index < -0.39 is 0 Å². The summed E-state index contributed by atoms with van der Waals surface area (Å²) in [6, 6.07) is 18.3. The molecule has 31 heavy (non-hydrogen) atoms. The first-order chi connectivity index (χ1) is 15.2. The van der Waals surface area contributed by atoms with Crippen LogP contribution < -0.4 is 5.32 Å². The van der Waals surface area contributed by atoms with E-state index in [0.29, 0.717) is 0 Å². The fourth-order valence-corrected chi connectivity index (χ4v) is 4.28. The SMILES string of the molecule is CCCn1c(SCC(=O)NC(C)c2ccc3ccccc3c2)nnc1-c1ccncc1. The number of carbonyl (C=O) groups excluding carboxylic acids is 1. The van der Waals surface area contributed by atoms with Crippen LogP contribution in [0.5, 0.6) is 0 Å². The van der Waals surface area contributed by atoms with Crippen molar-refractivity contribution in [2.75, 3.05) is 5.75 Å². The second-order valence-corrected chi connectivity index (χ2v) is 8.32. The number of nitrogens with zero attached hydrogens (tertiary/aromatic N) is 4. The van der Waals surface area contributed by atoms with Gasteiger partial charge in [-0.2, -0.15) is 0 Å². The molecule has 0 aliphatic heterocycles. The van der Waals surface area contributed by atoms with Crippen molar-refractivity contribution in [3.05, 3.63) is 72.6 Å². The smallest absolute Gasteiger partial charge is 0.230 e. The summed E-state index contributed by atoms with van der Waals surface area (Å²) in [6.07, 6.45) is 4.44. The van der Waals surface area contributed by atoms with Crippen molar-refractivity contribution >= 4 is 28.4 Å². The van der Waals surface area contributed by atoms with Crippen LogP contribution in [0.15, 0.2) is 72.1 Å². The first-order valence-electron chi connectivity index (χ1n) is 10.4. The highest BCUT2D eigenvalue weighted by atomic mass is 32.2. The quantitative estimate of drug-likeness (QED) is 0.403. The van der Waals surface area contributed by atoms with Crippen molar-refractivity contribution in [3.63, 3.8) is 0 Å². The molecule has 2 heterocycles. The number of benzene rings is 2. The monoisotopic (exact) mass is 431 g/mol. The van der Waals surface area contributed by atoms with E-state index in [4.69, 9.17) is 0 Å². The summed E-state index contributed by atoms with van der Waals surface area (Å²) in [5.41, 5.74) is 2.06. The van der Waals surface area contributed by atoms with E-state index in [-0.39, 0.29) is 17.7 Å². The molecule has 2 aromatic carbocycles. The number of fused-ring (bicyclic) bond motifs is 1. The Morgan fingerprint density at radius 1 is 1.06 bits per heavy atom. The van der Waals surface area contributed by atoms with E-state index in [1.807, 2.05) is 31.2 Å². The molecule has 0 spiro atoms. The minimum absolute atomic E-state index is 0.0258. The highest BCUT2D eigenvalue weighted by Gasteiger charge is 2.16. The number of thioether (sulfide) groups is 1. The Kier molecular flexibility index (Phi) is 6.62. The molecule has 7 heteroatoms. The number of pyridine rings is 1. The molecular weight excluding hydrogens is 406 g/mol. The van der Waals surface area contributed by atoms with Gasteiger partial charge >= 0.3 is 0 Å². The molecule has 0 saturated heterocycles. The van der Waals surface area contributed by atoms with Gasteiger partial charge in [0.15, 0.2) is 11.0 Å². The maximum absolute atomic E-state index is 12.6. The van der Waals surface area contributed by atoms with Crippen molar-refractivity contribution < 1.29 is 4.79 Å². The standard InChI is InChI=1S/C24H25N5OS/c1-3-14-29-23(19-10-12-25-13-11-19)27-28-24(29)31-16-22(30)26-17(2)20-9-8-18-6-4-5-7-21(18)15-20/h4-13,15,17H,3,14,16H2,1-2H3,(H,26,30). The molecule has 6 nitrogen and oxygen atoms in total. The molecule has 2 aromatic heterocycles. The molecule has 0 fully saturated rings. The molecule has 1 unspecified atom stereocenters. The zero-order chi connectivity index (χ0) is 21.6. The molecule has 4 rings (SSSR count). The molecule has 1 atom stereocenters. The molecular formula is C24H25N5OS. The molecule has 1 amide bonds. The third-order valence-corrected chi connectivity index (χ3v) is 6.05. The molecule has 158 valence electrons. The van der Waals surface area contributed by atoms with Crippen molar-refractivity contribution in [2.45, 2.75) is 38.0 Å². The first-order valence-corrected chi connectivity index (χ1v) is 11.4. The summed E-state index contributed by atoms with van der Waals surface area (Å²) in [6.45, 7) is 4.92. The fourth-order valence-electron chi connectivity index (χ4n) is 3.51. The first kappa shape index (κ1) is 21.1. The molecule has 4 aromatic rings. The number of nitrogens with one attached hydrogen (secondary N) is 1. The van der Waals surface area contributed by atoms with Gasteiger partial charge in [-0.05, 0) is 47.9 Å². The van der Waals surface area contributed by atoms with Crippen molar-refractivity contribution in [1.29, 1.82) is 0 Å². The molecule has 0 bridgehead atoms. The van der Waals surface area contributed by atoms with Crippen LogP contribution in [0.4, 0.5) is 0 Å². The van der Waals surface area contributed by atoms with E-state index >= 15 is 0 Å². The van der Waals surface area contributed by atoms with Crippen LogP contribution in [0.2, 0.25) is 0 Å². The average molecular weight is 432 g/mol. The van der Waals surface area contributed by atoms with E-state index in [0.717, 1.165) is 35.1 Å². The Labute approximate surface area is 186 Å². The van der Waals surface area contributed by atoms with Crippen molar-refractivity contribution in [3.8, 4) is 11.4 Å². The van der Waals surface area contributed by atoms with Gasteiger partial charge in [-0.1, -0.05) is 55.1 Å². The lowest BCUT2D eigenvalue weighted by Gasteiger charge is -2.15. The Hall–Kier alpha value is -3.19. The number of aromatic nitrogens is 4. The lowest BCUT2D eigenvalue weighted by molar-refractivity contribution is -0.119. The van der Waals surface area contributed by atoms with Gasteiger partial charge in [-0.3, -0.25) is 9.78 Å². The van der Waals surface area contributed by atoms with Gasteiger partial charge < -0.3 is 9.88 Å². The molecule has 0 radical (unpaired) electrons. The van der Waals surface area contributed by atoms with E-state index in [9.17, 15) is 4.79 Å². The summed E-state index contributed by atoms with van der Waals surface area (Å²) in [7, 11) is 0. The Morgan fingerprint density at radius 2 is 1.84 bits per heavy atom. The Morgan fingerprint density at radius 3 is 2.61 bits per heavy atom. The van der Waals surface area contributed by atoms with Gasteiger partial charge in [0.05, 0.1) is 11.8 Å². The molecule has 1 N–H and O–H groups in total. The van der Waals surface area contributed by atoms with Crippen LogP contribution in [0.3, 0.4) is 0 Å². The Bertz CT molecular complexity index is 1180. The second-order valence-electron chi connectivity index (χ2n) is 7.38. The third kappa shape index (κ3) is 4.94. The summed E-state index contributed by atoms with van der Waals surface area (Å²) >= 11 is 1.41. The maximum atomic E-state index is 12.6. The number of hydrogen-bond donors (Lipinski definition) is 1. The predicted octanol–water partition coefficient (Wildman–Crippen LogP) is 4.87. The van der Waals surface area contributed by atoms with E-state index in [1.165, 1.54) is 22.5 Å². The average Bonchev–Trinajstić information content (AvgIpc) is 3.20. The largest absolute Gasteiger partial charge is 0.349 e. The third-order valence-electron chi connectivity index (χ3n) is 5.09. The normalized spacial score (nSPS) is 12.1. The highest BCUT2D eigenvalue weighted by Crippen LogP contribution is 2.25. The van der Waals surface area contributed by atoms with Gasteiger partial charge in [0, 0.05) is 24.5 Å². The van der Waals surface area contributed by atoms with Gasteiger partial charge in [-0.15, -0.1) is 10.2 Å². The van der Waals surface area contributed by atoms with Gasteiger partial charge in [0.1, 0.15) is 0 Å². The number of amides is 1. The van der Waals surface area contributed by atoms with Crippen LogP contribution in [0.25, 0.3) is 22.2 Å². The van der Waals surface area contributed by atoms with Crippen LogP contribution in [0.1, 0.15) is 31.9 Å². The van der Waals surface area contributed by atoms with Gasteiger partial charge in [0.25, 0.3) is 0 Å². The maximum Gasteiger partial charge on any atom is 0.230 e. The minimum atomic E-state index is -0.0707. The van der Waals surface area contributed by atoms with Gasteiger partial charge in [-0.25, -0.2) is 0 Å². The lowest BCUT2D eigenvalue weighted by atomic mass is 10.0. The number of carbonyl (C=O) groups is 1. The van der Waals surface area contributed by atoms with Crippen LogP contribution >= 0.6 is 11.8 Å². The summed E-state index contributed by atoms with van der Waals surface area (Å²) < 4.78 is 2.07. The van der Waals surface area contributed by atoms with Crippen LogP contribution in [-0.4, -0.2) is 31.4 Å². The van der Waals surface area contributed by atoms with E-state index in [2.05, 4.69) is 62.3 Å². The number of rotatable bonds is 8. The fraction of sp³-hybridized carbons (Fsp3) is 0.250. The molecule has 0 aliphatic carbocycles. The second kappa shape index (κ2) is 9.75. The van der Waals surface area contributed by atoms with Crippen LogP contribution in [0, 0.1) is 0 Å². The highest BCUT2D eigenvalue weighted by molar-refractivity contribution is 7.99. The number of hydrogen-bond acceptors (Lipinski definition) is 5. The summed E-state index contributed by atoms with van der Waals surface area (Å²) in [5, 5.41) is 14.9. The molecule has 0 saturated carbocycles. The Balaban J connectivity index is 1.41.